The number of rotatable bonds is 2. The van der Waals surface area contributed by atoms with Gasteiger partial charge in [-0.15, -0.1) is 0 Å². The average Bonchev–Trinajstić information content (AvgIpc) is 2.79. The number of carbonyl (C=O) groups excluding carboxylic acids is 2. The van der Waals surface area contributed by atoms with E-state index in [9.17, 15) is 22.8 Å². The minimum Gasteiger partial charge on any atom is -0.377 e. The molecule has 0 radical (unpaired) electrons. The highest BCUT2D eigenvalue weighted by Crippen LogP contribution is 2.37. The number of hydrazine groups is 1. The molecule has 6 nitrogen and oxygen atoms in total. The van der Waals surface area contributed by atoms with E-state index in [4.69, 9.17) is 40.6 Å². The lowest BCUT2D eigenvalue weighted by molar-refractivity contribution is -0.137. The summed E-state index contributed by atoms with van der Waals surface area (Å²) in [6, 6.07) is 13.7. The number of hydrogen-bond donors (Lipinski definition) is 4. The number of nitrogens with two attached hydrogens (primary N) is 1. The smallest absolute Gasteiger partial charge is 0.377 e. The third kappa shape index (κ3) is 7.02. The quantitative estimate of drug-likeness (QED) is 0.157. The van der Waals surface area contributed by atoms with Crippen molar-refractivity contribution in [1.82, 2.24) is 5.43 Å². The molecule has 3 aromatic carbocycles. The summed E-state index contributed by atoms with van der Waals surface area (Å²) in [6.07, 6.45) is -4.04. The van der Waals surface area contributed by atoms with Crippen molar-refractivity contribution in [2.24, 2.45) is 5.84 Å². The van der Waals surface area contributed by atoms with Gasteiger partial charge in [0.25, 0.3) is 0 Å². The molecule has 1 aliphatic heterocycles. The highest BCUT2D eigenvalue weighted by atomic mass is 35.5. The predicted octanol–water partition coefficient (Wildman–Crippen LogP) is 7.09. The summed E-state index contributed by atoms with van der Waals surface area (Å²) in [5, 5.41) is 7.24. The van der Waals surface area contributed by atoms with Crippen molar-refractivity contribution in [1.29, 1.82) is 0 Å². The predicted molar refractivity (Wildman–Crippen MR) is 131 cm³/mol. The molecule has 2 amide bonds. The zero-order valence-electron chi connectivity index (χ0n) is 17.7. The molecule has 0 spiro atoms. The maximum absolute atomic E-state index is 12.2. The van der Waals surface area contributed by atoms with Crippen molar-refractivity contribution in [3.8, 4) is 0 Å². The number of nitrogens with one attached hydrogen (secondary N) is 3. The summed E-state index contributed by atoms with van der Waals surface area (Å²) >= 11 is 18.0. The Bertz CT molecular complexity index is 1240. The Hall–Kier alpha value is -2.98. The van der Waals surface area contributed by atoms with Gasteiger partial charge in [-0.25, -0.2) is 10.6 Å². The van der Waals surface area contributed by atoms with Crippen LogP contribution in [0.25, 0.3) is 0 Å². The molecule has 4 rings (SSSR count). The van der Waals surface area contributed by atoms with Crippen LogP contribution in [0.3, 0.4) is 0 Å². The Morgan fingerprint density at radius 2 is 1.60 bits per heavy atom. The SMILES string of the molecule is NNC(=O)Nc1ccc(C(F)(F)F)cc1.O=C1CC(c2ccc(Cl)cc2Cl)Nc2ccc(Cl)cc21. The van der Waals surface area contributed by atoms with E-state index in [0.717, 1.165) is 35.5 Å². The first-order valence-electron chi connectivity index (χ1n) is 9.97. The minimum atomic E-state index is -4.38. The van der Waals surface area contributed by atoms with Crippen molar-refractivity contribution in [2.45, 2.75) is 18.6 Å². The van der Waals surface area contributed by atoms with E-state index < -0.39 is 17.8 Å². The molecular weight excluding hydrogens is 528 g/mol. The molecule has 12 heteroatoms. The molecule has 5 N–H and O–H groups in total. The molecular formula is C23H18Cl3F3N4O2. The van der Waals surface area contributed by atoms with Crippen LogP contribution in [0.15, 0.2) is 60.7 Å². The van der Waals surface area contributed by atoms with Gasteiger partial charge < -0.3 is 10.6 Å². The number of benzene rings is 3. The van der Waals surface area contributed by atoms with E-state index in [1.807, 2.05) is 12.1 Å². The van der Waals surface area contributed by atoms with E-state index in [1.165, 1.54) is 0 Å². The average molecular weight is 546 g/mol. The molecule has 3 aromatic rings. The molecule has 1 heterocycles. The second kappa shape index (κ2) is 11.2. The lowest BCUT2D eigenvalue weighted by Gasteiger charge is -2.27. The fraction of sp³-hybridized carbons (Fsp3) is 0.130. The second-order valence-electron chi connectivity index (χ2n) is 7.35. The molecule has 0 bridgehead atoms. The van der Waals surface area contributed by atoms with Crippen LogP contribution in [0.1, 0.15) is 33.9 Å². The van der Waals surface area contributed by atoms with Crippen LogP contribution >= 0.6 is 34.8 Å². The lowest BCUT2D eigenvalue weighted by atomic mass is 9.92. The maximum atomic E-state index is 12.2. The first kappa shape index (κ1) is 26.6. The Labute approximate surface area is 213 Å². The van der Waals surface area contributed by atoms with Gasteiger partial charge in [-0.1, -0.05) is 40.9 Å². The second-order valence-corrected chi connectivity index (χ2v) is 8.63. The molecule has 1 aliphatic rings. The number of anilines is 2. The Balaban J connectivity index is 0.000000205. The van der Waals surface area contributed by atoms with Crippen LogP contribution in [0, 0.1) is 0 Å². The number of amides is 2. The van der Waals surface area contributed by atoms with E-state index in [-0.39, 0.29) is 17.5 Å². The minimum absolute atomic E-state index is 0.0530. The molecule has 1 unspecified atom stereocenters. The van der Waals surface area contributed by atoms with Gasteiger partial charge in [-0.3, -0.25) is 10.2 Å². The van der Waals surface area contributed by atoms with Crippen molar-refractivity contribution in [2.75, 3.05) is 10.6 Å². The number of alkyl halides is 3. The number of carbonyl (C=O) groups is 2. The van der Waals surface area contributed by atoms with Crippen molar-refractivity contribution in [3.63, 3.8) is 0 Å². The summed E-state index contributed by atoms with van der Waals surface area (Å²) in [5.41, 5.74) is 3.51. The molecule has 0 aliphatic carbocycles. The lowest BCUT2D eigenvalue weighted by Crippen LogP contribution is -2.34. The number of Topliss-reactive ketones (excluding diaryl/α,β-unsaturated/α-hetero) is 1. The van der Waals surface area contributed by atoms with Crippen LogP contribution in [-0.4, -0.2) is 11.8 Å². The largest absolute Gasteiger partial charge is 0.416 e. The zero-order chi connectivity index (χ0) is 25.8. The molecule has 0 aromatic heterocycles. The monoisotopic (exact) mass is 544 g/mol. The van der Waals surface area contributed by atoms with E-state index in [2.05, 4.69) is 10.6 Å². The van der Waals surface area contributed by atoms with Gasteiger partial charge in [0.2, 0.25) is 0 Å². The highest BCUT2D eigenvalue weighted by Gasteiger charge is 2.30. The zero-order valence-corrected chi connectivity index (χ0v) is 20.0. The fourth-order valence-electron chi connectivity index (χ4n) is 3.29. The van der Waals surface area contributed by atoms with Crippen molar-refractivity contribution < 1.29 is 22.8 Å². The van der Waals surface area contributed by atoms with Crippen LogP contribution < -0.4 is 21.9 Å². The van der Waals surface area contributed by atoms with Crippen LogP contribution in [0.2, 0.25) is 15.1 Å². The summed E-state index contributed by atoms with van der Waals surface area (Å²) in [5.74, 6) is 4.83. The topological polar surface area (TPSA) is 96.2 Å². The molecule has 0 saturated carbocycles. The summed E-state index contributed by atoms with van der Waals surface area (Å²) in [7, 11) is 0. The Kier molecular flexibility index (Phi) is 8.50. The van der Waals surface area contributed by atoms with Crippen LogP contribution in [-0.2, 0) is 6.18 Å². The van der Waals surface area contributed by atoms with Gasteiger partial charge in [-0.05, 0) is 60.2 Å². The summed E-state index contributed by atoms with van der Waals surface area (Å²) in [4.78, 5) is 22.9. The standard InChI is InChI=1S/C15H10Cl3NO.C8H8F3N3O/c16-8-2-4-13-11(5-8)15(20)7-14(19-13)10-3-1-9(17)6-12(10)18;9-8(10,11)5-1-3-6(4-2-5)13-7(15)14-12/h1-6,14,19H,7H2;1-4H,12H2,(H2,13,14,15). The van der Waals surface area contributed by atoms with Gasteiger partial charge in [0.1, 0.15) is 0 Å². The van der Waals surface area contributed by atoms with E-state index >= 15 is 0 Å². The van der Waals surface area contributed by atoms with Gasteiger partial charge in [0, 0.05) is 38.4 Å². The molecule has 184 valence electrons. The van der Waals surface area contributed by atoms with Gasteiger partial charge in [0.15, 0.2) is 5.78 Å². The van der Waals surface area contributed by atoms with Crippen LogP contribution in [0.5, 0.6) is 0 Å². The normalized spacial score (nSPS) is 14.7. The number of urea groups is 1. The van der Waals surface area contributed by atoms with Gasteiger partial charge >= 0.3 is 12.2 Å². The maximum Gasteiger partial charge on any atom is 0.416 e. The molecule has 0 saturated heterocycles. The first-order valence-corrected chi connectivity index (χ1v) is 11.1. The van der Waals surface area contributed by atoms with E-state index in [0.29, 0.717) is 27.1 Å². The highest BCUT2D eigenvalue weighted by molar-refractivity contribution is 6.35. The summed E-state index contributed by atoms with van der Waals surface area (Å²) < 4.78 is 36.4. The van der Waals surface area contributed by atoms with E-state index in [1.54, 1.807) is 29.7 Å². The molecule has 1 atom stereocenters. The number of hydrogen-bond acceptors (Lipinski definition) is 4. The van der Waals surface area contributed by atoms with Crippen LogP contribution in [0.4, 0.5) is 29.3 Å². The third-order valence-electron chi connectivity index (χ3n) is 4.94. The van der Waals surface area contributed by atoms with Crippen molar-refractivity contribution >= 4 is 58.0 Å². The number of halogens is 6. The third-order valence-corrected chi connectivity index (χ3v) is 5.74. The molecule has 0 fully saturated rings. The Morgan fingerprint density at radius 3 is 2.20 bits per heavy atom. The van der Waals surface area contributed by atoms with Gasteiger partial charge in [-0.2, -0.15) is 13.2 Å². The Morgan fingerprint density at radius 1 is 0.971 bits per heavy atom. The number of ketones is 1. The first-order chi connectivity index (χ1) is 16.5. The van der Waals surface area contributed by atoms with Gasteiger partial charge in [0.05, 0.1) is 11.6 Å². The fourth-order valence-corrected chi connectivity index (χ4v) is 4.00. The number of fused-ring (bicyclic) bond motifs is 1. The molecule has 35 heavy (non-hydrogen) atoms. The van der Waals surface area contributed by atoms with Crippen molar-refractivity contribution in [3.05, 3.63) is 92.4 Å². The summed E-state index contributed by atoms with van der Waals surface area (Å²) in [6.45, 7) is 0.